The van der Waals surface area contributed by atoms with Gasteiger partial charge in [0.15, 0.2) is 6.61 Å². The summed E-state index contributed by atoms with van der Waals surface area (Å²) in [7, 11) is 0. The van der Waals surface area contributed by atoms with Crippen molar-refractivity contribution in [3.05, 3.63) is 60.2 Å². The van der Waals surface area contributed by atoms with Crippen molar-refractivity contribution >= 4 is 17.5 Å². The van der Waals surface area contributed by atoms with Crippen molar-refractivity contribution < 1.29 is 14.3 Å². The number of amides is 2. The summed E-state index contributed by atoms with van der Waals surface area (Å²) in [4.78, 5) is 23.5. The highest BCUT2D eigenvalue weighted by Crippen LogP contribution is 2.24. The van der Waals surface area contributed by atoms with Crippen molar-refractivity contribution in [1.29, 1.82) is 0 Å². The van der Waals surface area contributed by atoms with E-state index in [2.05, 4.69) is 17.6 Å². The number of benzene rings is 2. The molecule has 0 fully saturated rings. The van der Waals surface area contributed by atoms with Crippen molar-refractivity contribution in [2.75, 3.05) is 11.9 Å². The van der Waals surface area contributed by atoms with Crippen LogP contribution in [0.15, 0.2) is 54.6 Å². The Balaban J connectivity index is 1.97. The topological polar surface area (TPSA) is 67.4 Å². The smallest absolute Gasteiger partial charge is 0.258 e. The highest BCUT2D eigenvalue weighted by Gasteiger charge is 2.14. The molecule has 5 heteroatoms. The predicted octanol–water partition coefficient (Wildman–Crippen LogP) is 3.68. The molecule has 5 nitrogen and oxygen atoms in total. The number of hydrogen-bond donors (Lipinski definition) is 2. The molecule has 1 atom stereocenters. The number of hydrogen-bond acceptors (Lipinski definition) is 3. The summed E-state index contributed by atoms with van der Waals surface area (Å²) < 4.78 is 5.59. The number of rotatable bonds is 8. The lowest BCUT2D eigenvalue weighted by Gasteiger charge is -2.19. The molecule has 0 unspecified atom stereocenters. The Bertz CT molecular complexity index is 701. The van der Waals surface area contributed by atoms with Crippen LogP contribution in [-0.2, 0) is 9.59 Å². The number of nitrogens with one attached hydrogen (secondary N) is 2. The Morgan fingerprint density at radius 1 is 1.04 bits per heavy atom. The van der Waals surface area contributed by atoms with Crippen LogP contribution in [0.5, 0.6) is 5.75 Å². The molecule has 0 aliphatic rings. The van der Waals surface area contributed by atoms with Crippen LogP contribution in [0.3, 0.4) is 0 Å². The molecule has 132 valence electrons. The fourth-order valence-electron chi connectivity index (χ4n) is 2.56. The van der Waals surface area contributed by atoms with E-state index in [1.54, 1.807) is 24.3 Å². The second kappa shape index (κ2) is 9.47. The second-order valence-electron chi connectivity index (χ2n) is 5.79. The number of ether oxygens (including phenoxy) is 1. The van der Waals surface area contributed by atoms with E-state index in [9.17, 15) is 9.59 Å². The highest BCUT2D eigenvalue weighted by atomic mass is 16.5. The molecule has 2 N–H and O–H groups in total. The summed E-state index contributed by atoms with van der Waals surface area (Å²) in [5, 5.41) is 5.70. The quantitative estimate of drug-likeness (QED) is 0.770. The molecule has 2 amide bonds. The first-order valence-electron chi connectivity index (χ1n) is 8.44. The molecule has 2 rings (SSSR count). The van der Waals surface area contributed by atoms with Crippen LogP contribution >= 0.6 is 0 Å². The fourth-order valence-corrected chi connectivity index (χ4v) is 2.56. The van der Waals surface area contributed by atoms with Gasteiger partial charge in [-0.25, -0.2) is 0 Å². The van der Waals surface area contributed by atoms with Gasteiger partial charge in [0.05, 0.1) is 11.7 Å². The van der Waals surface area contributed by atoms with E-state index < -0.39 is 0 Å². The normalized spacial score (nSPS) is 11.4. The molecule has 0 radical (unpaired) electrons. The van der Waals surface area contributed by atoms with Crippen molar-refractivity contribution in [2.24, 2.45) is 0 Å². The summed E-state index contributed by atoms with van der Waals surface area (Å²) in [6.45, 7) is 3.41. The fraction of sp³-hybridized carbons (Fsp3) is 0.300. The Hall–Kier alpha value is -2.82. The first-order valence-corrected chi connectivity index (χ1v) is 8.44. The number of carbonyl (C=O) groups is 2. The van der Waals surface area contributed by atoms with E-state index in [1.807, 2.05) is 30.3 Å². The summed E-state index contributed by atoms with van der Waals surface area (Å²) in [6.07, 6.45) is 1.82. The zero-order valence-electron chi connectivity index (χ0n) is 14.6. The Kier molecular flexibility index (Phi) is 7.01. The van der Waals surface area contributed by atoms with Gasteiger partial charge in [-0.1, -0.05) is 55.8 Å². The summed E-state index contributed by atoms with van der Waals surface area (Å²) in [5.41, 5.74) is 1.63. The minimum Gasteiger partial charge on any atom is -0.482 e. The Labute approximate surface area is 148 Å². The van der Waals surface area contributed by atoms with Crippen molar-refractivity contribution in [3.63, 3.8) is 0 Å². The van der Waals surface area contributed by atoms with Gasteiger partial charge >= 0.3 is 0 Å². The Morgan fingerprint density at radius 3 is 2.40 bits per heavy atom. The SMILES string of the molecule is CCC[C@@H](NC(=O)COc1ccccc1NC(C)=O)c1ccccc1. The molecule has 0 bridgehead atoms. The van der Waals surface area contributed by atoms with Crippen molar-refractivity contribution in [1.82, 2.24) is 5.32 Å². The van der Waals surface area contributed by atoms with Crippen LogP contribution in [0.1, 0.15) is 38.3 Å². The van der Waals surface area contributed by atoms with E-state index in [4.69, 9.17) is 4.74 Å². The Morgan fingerprint density at radius 2 is 1.72 bits per heavy atom. The number of carbonyl (C=O) groups excluding carboxylic acids is 2. The van der Waals surface area contributed by atoms with E-state index in [0.717, 1.165) is 18.4 Å². The average Bonchev–Trinajstić information content (AvgIpc) is 2.61. The predicted molar refractivity (Wildman–Crippen MR) is 98.5 cm³/mol. The maximum atomic E-state index is 12.3. The minimum atomic E-state index is -0.195. The highest BCUT2D eigenvalue weighted by molar-refractivity contribution is 5.90. The lowest BCUT2D eigenvalue weighted by atomic mass is 10.0. The monoisotopic (exact) mass is 340 g/mol. The van der Waals surface area contributed by atoms with Crippen LogP contribution < -0.4 is 15.4 Å². The van der Waals surface area contributed by atoms with Crippen LogP contribution in [-0.4, -0.2) is 18.4 Å². The molecule has 0 aromatic heterocycles. The third kappa shape index (κ3) is 5.95. The standard InChI is InChI=1S/C20H24N2O3/c1-3-9-17(16-10-5-4-6-11-16)22-20(24)14-25-19-13-8-7-12-18(19)21-15(2)23/h4-8,10-13,17H,3,9,14H2,1-2H3,(H,21,23)(H,22,24)/t17-/m1/s1. The largest absolute Gasteiger partial charge is 0.482 e. The van der Waals surface area contributed by atoms with E-state index >= 15 is 0 Å². The molecule has 0 aliphatic heterocycles. The van der Waals surface area contributed by atoms with Gasteiger partial charge in [0.25, 0.3) is 5.91 Å². The number of para-hydroxylation sites is 2. The van der Waals surface area contributed by atoms with E-state index in [1.165, 1.54) is 6.92 Å². The van der Waals surface area contributed by atoms with Crippen LogP contribution in [0.4, 0.5) is 5.69 Å². The van der Waals surface area contributed by atoms with Gasteiger partial charge in [-0.3, -0.25) is 9.59 Å². The van der Waals surface area contributed by atoms with Gasteiger partial charge in [0.1, 0.15) is 5.75 Å². The second-order valence-corrected chi connectivity index (χ2v) is 5.79. The first kappa shape index (κ1) is 18.5. The van der Waals surface area contributed by atoms with Gasteiger partial charge in [-0.15, -0.1) is 0 Å². The molecule has 0 saturated heterocycles. The van der Waals surface area contributed by atoms with Gasteiger partial charge in [-0.05, 0) is 24.1 Å². The molecule has 0 spiro atoms. The van der Waals surface area contributed by atoms with Crippen molar-refractivity contribution in [3.8, 4) is 5.75 Å². The third-order valence-corrected chi connectivity index (χ3v) is 3.67. The maximum absolute atomic E-state index is 12.3. The molecular formula is C20H24N2O3. The van der Waals surface area contributed by atoms with Crippen LogP contribution in [0.25, 0.3) is 0 Å². The van der Waals surface area contributed by atoms with Gasteiger partial charge in [0.2, 0.25) is 5.91 Å². The summed E-state index contributed by atoms with van der Waals surface area (Å²) in [6, 6.07) is 16.9. The molecule has 2 aromatic carbocycles. The zero-order chi connectivity index (χ0) is 18.1. The molecule has 0 saturated carbocycles. The molecule has 0 heterocycles. The average molecular weight is 340 g/mol. The van der Waals surface area contributed by atoms with Crippen LogP contribution in [0.2, 0.25) is 0 Å². The molecule has 2 aromatic rings. The third-order valence-electron chi connectivity index (χ3n) is 3.67. The molecule has 25 heavy (non-hydrogen) atoms. The maximum Gasteiger partial charge on any atom is 0.258 e. The van der Waals surface area contributed by atoms with Crippen molar-refractivity contribution in [2.45, 2.75) is 32.7 Å². The van der Waals surface area contributed by atoms with E-state index in [-0.39, 0.29) is 24.5 Å². The van der Waals surface area contributed by atoms with Crippen LogP contribution in [0, 0.1) is 0 Å². The van der Waals surface area contributed by atoms with Gasteiger partial charge in [-0.2, -0.15) is 0 Å². The lowest BCUT2D eigenvalue weighted by molar-refractivity contribution is -0.123. The lowest BCUT2D eigenvalue weighted by Crippen LogP contribution is -2.32. The number of anilines is 1. The molecule has 0 aliphatic carbocycles. The molecular weight excluding hydrogens is 316 g/mol. The summed E-state index contributed by atoms with van der Waals surface area (Å²) >= 11 is 0. The zero-order valence-corrected chi connectivity index (χ0v) is 14.6. The minimum absolute atomic E-state index is 0.0344. The van der Waals surface area contributed by atoms with Gasteiger partial charge in [0, 0.05) is 6.92 Å². The van der Waals surface area contributed by atoms with Gasteiger partial charge < -0.3 is 15.4 Å². The summed E-state index contributed by atoms with van der Waals surface area (Å²) in [5.74, 6) is 0.0899. The van der Waals surface area contributed by atoms with E-state index in [0.29, 0.717) is 11.4 Å². The first-order chi connectivity index (χ1) is 12.1.